The highest BCUT2D eigenvalue weighted by Gasteiger charge is 2.51. The third-order valence-electron chi connectivity index (χ3n) is 12.6. The summed E-state index contributed by atoms with van der Waals surface area (Å²) in [5.74, 6) is 1.90. The molecule has 0 radical (unpaired) electrons. The van der Waals surface area contributed by atoms with Gasteiger partial charge in [-0.05, 0) is 96.1 Å². The number of hydrogen-bond acceptors (Lipinski definition) is 3. The Morgan fingerprint density at radius 3 is 1.07 bits per heavy atom. The molecule has 0 amide bonds. The third-order valence-corrected chi connectivity index (χ3v) is 12.6. The maximum atomic E-state index is 5.19. The highest BCUT2D eigenvalue weighted by Crippen LogP contribution is 2.63. The fraction of sp³-hybridized carbons (Fsp3) is 0.0172. The van der Waals surface area contributed by atoms with E-state index < -0.39 is 5.41 Å². The maximum Gasteiger partial charge on any atom is 0.164 e. The lowest BCUT2D eigenvalue weighted by molar-refractivity contribution is 0.794. The minimum Gasteiger partial charge on any atom is -0.208 e. The molecule has 12 rings (SSSR count). The number of hydrogen-bond donors (Lipinski definition) is 0. The first-order valence-corrected chi connectivity index (χ1v) is 20.8. The van der Waals surface area contributed by atoms with Gasteiger partial charge in [0.25, 0.3) is 0 Å². The molecule has 3 heteroatoms. The predicted octanol–water partition coefficient (Wildman–Crippen LogP) is 14.2. The summed E-state index contributed by atoms with van der Waals surface area (Å²) in [4.78, 5) is 15.4. The van der Waals surface area contributed by atoms with Crippen molar-refractivity contribution in [2.75, 3.05) is 0 Å². The number of benzene rings is 9. The van der Waals surface area contributed by atoms with Crippen LogP contribution in [-0.4, -0.2) is 15.0 Å². The second-order valence-electron chi connectivity index (χ2n) is 15.9. The number of fused-ring (bicyclic) bond motifs is 10. The van der Waals surface area contributed by atoms with E-state index in [9.17, 15) is 0 Å². The molecule has 0 saturated carbocycles. The Morgan fingerprint density at radius 2 is 0.541 bits per heavy atom. The highest BCUT2D eigenvalue weighted by atomic mass is 15.0. The smallest absolute Gasteiger partial charge is 0.164 e. The van der Waals surface area contributed by atoms with Crippen molar-refractivity contribution in [2.45, 2.75) is 5.41 Å². The second-order valence-corrected chi connectivity index (χ2v) is 15.9. The quantitative estimate of drug-likeness (QED) is 0.169. The van der Waals surface area contributed by atoms with Crippen LogP contribution in [0.3, 0.4) is 0 Å². The Bertz CT molecular complexity index is 3230. The Morgan fingerprint density at radius 1 is 0.213 bits per heavy atom. The van der Waals surface area contributed by atoms with Crippen LogP contribution >= 0.6 is 0 Å². The zero-order chi connectivity index (χ0) is 40.3. The Balaban J connectivity index is 0.966. The molecule has 3 nitrogen and oxygen atoms in total. The lowest BCUT2D eigenvalue weighted by atomic mass is 9.70. The summed E-state index contributed by atoms with van der Waals surface area (Å²) in [7, 11) is 0. The van der Waals surface area contributed by atoms with Crippen molar-refractivity contribution in [3.63, 3.8) is 0 Å². The van der Waals surface area contributed by atoms with Gasteiger partial charge in [-0.25, -0.2) is 15.0 Å². The van der Waals surface area contributed by atoms with Gasteiger partial charge in [-0.2, -0.15) is 0 Å². The normalized spacial score (nSPS) is 12.7. The second kappa shape index (κ2) is 14.1. The number of rotatable bonds is 6. The summed E-state index contributed by atoms with van der Waals surface area (Å²) in [6.45, 7) is 0. The zero-order valence-corrected chi connectivity index (χ0v) is 33.2. The van der Waals surface area contributed by atoms with Gasteiger partial charge >= 0.3 is 0 Å². The monoisotopic (exact) mass is 775 g/mol. The van der Waals surface area contributed by atoms with Gasteiger partial charge in [-0.1, -0.05) is 206 Å². The Kier molecular flexibility index (Phi) is 8.07. The highest BCUT2D eigenvalue weighted by molar-refractivity contribution is 5.96. The topological polar surface area (TPSA) is 38.7 Å². The van der Waals surface area contributed by atoms with E-state index in [2.05, 4.69) is 200 Å². The van der Waals surface area contributed by atoms with Crippen LogP contribution in [0.1, 0.15) is 22.3 Å². The van der Waals surface area contributed by atoms with Gasteiger partial charge in [0.05, 0.1) is 5.41 Å². The van der Waals surface area contributed by atoms with Crippen LogP contribution in [0.2, 0.25) is 0 Å². The molecule has 0 fully saturated rings. The van der Waals surface area contributed by atoms with Crippen molar-refractivity contribution in [2.24, 2.45) is 0 Å². The van der Waals surface area contributed by atoms with E-state index >= 15 is 0 Å². The van der Waals surface area contributed by atoms with Crippen molar-refractivity contribution in [1.29, 1.82) is 0 Å². The van der Waals surface area contributed by atoms with Gasteiger partial charge in [-0.15, -0.1) is 0 Å². The first-order chi connectivity index (χ1) is 30.2. The molecule has 0 atom stereocenters. The van der Waals surface area contributed by atoms with Crippen LogP contribution in [0, 0.1) is 0 Å². The lowest BCUT2D eigenvalue weighted by Gasteiger charge is -2.30. The minimum atomic E-state index is -0.404. The summed E-state index contributed by atoms with van der Waals surface area (Å²) in [6, 6.07) is 80.5. The SMILES string of the molecule is c1ccc(-c2ccc(-c3cccc(-c4nc(-c5ccccc5)nc(-c5cccc(-c6ccc7c(c6)C6(c8ccccc8-c8ccccc86)c6ccccc6-7)c5)n4)c3)cc2)cc1. The Hall–Kier alpha value is -8.01. The van der Waals surface area contributed by atoms with Crippen molar-refractivity contribution in [3.8, 4) is 89.8 Å². The molecule has 10 aromatic rings. The molecular weight excluding hydrogens is 739 g/mol. The van der Waals surface area contributed by atoms with Crippen LogP contribution in [0.15, 0.2) is 224 Å². The predicted molar refractivity (Wildman–Crippen MR) is 249 cm³/mol. The van der Waals surface area contributed by atoms with E-state index in [0.717, 1.165) is 38.9 Å². The fourth-order valence-corrected chi connectivity index (χ4v) is 9.79. The van der Waals surface area contributed by atoms with E-state index in [1.54, 1.807) is 0 Å². The molecule has 0 aliphatic heterocycles. The minimum absolute atomic E-state index is 0.404. The average Bonchev–Trinajstić information content (AvgIpc) is 3.82. The van der Waals surface area contributed by atoms with Gasteiger partial charge < -0.3 is 0 Å². The van der Waals surface area contributed by atoms with Gasteiger partial charge in [0.2, 0.25) is 0 Å². The van der Waals surface area contributed by atoms with Crippen LogP contribution in [0.5, 0.6) is 0 Å². The number of nitrogens with zero attached hydrogens (tertiary/aromatic N) is 3. The summed E-state index contributed by atoms with van der Waals surface area (Å²) >= 11 is 0. The van der Waals surface area contributed by atoms with Gasteiger partial charge in [0.15, 0.2) is 17.5 Å². The molecular formula is C58H37N3. The van der Waals surface area contributed by atoms with Crippen molar-refractivity contribution < 1.29 is 0 Å². The van der Waals surface area contributed by atoms with Crippen LogP contribution < -0.4 is 0 Å². The maximum absolute atomic E-state index is 5.19. The molecule has 1 spiro atoms. The molecule has 0 unspecified atom stereocenters. The molecule has 1 aromatic heterocycles. The van der Waals surface area contributed by atoms with Crippen LogP contribution in [0.25, 0.3) is 89.8 Å². The van der Waals surface area contributed by atoms with E-state index in [4.69, 9.17) is 15.0 Å². The Labute approximate surface area is 355 Å². The van der Waals surface area contributed by atoms with Crippen molar-refractivity contribution >= 4 is 0 Å². The van der Waals surface area contributed by atoms with Gasteiger partial charge in [0.1, 0.15) is 0 Å². The standard InChI is InChI=1S/C58H37N3/c1-3-15-38(16-4-1)39-29-31-40(32-30-39)42-19-13-21-45(35-42)56-59-55(41-17-5-2-6-18-41)60-57(61-56)46-22-14-20-43(36-46)44-33-34-50-49-25-9-12-28-53(49)58(54(50)37-44)51-26-10-7-23-47(51)48-24-8-11-27-52(48)58/h1-37H. The molecule has 2 aliphatic rings. The third kappa shape index (κ3) is 5.62. The average molecular weight is 776 g/mol. The fourth-order valence-electron chi connectivity index (χ4n) is 9.79. The van der Waals surface area contributed by atoms with E-state index in [1.807, 2.05) is 24.3 Å². The number of aromatic nitrogens is 3. The van der Waals surface area contributed by atoms with Crippen LogP contribution in [-0.2, 0) is 5.41 Å². The summed E-state index contributed by atoms with van der Waals surface area (Å²) in [5.41, 5.74) is 19.8. The summed E-state index contributed by atoms with van der Waals surface area (Å²) in [6.07, 6.45) is 0. The van der Waals surface area contributed by atoms with Gasteiger partial charge in [0, 0.05) is 16.7 Å². The van der Waals surface area contributed by atoms with Gasteiger partial charge in [-0.3, -0.25) is 0 Å². The molecule has 284 valence electrons. The van der Waals surface area contributed by atoms with E-state index in [1.165, 1.54) is 55.6 Å². The molecule has 0 bridgehead atoms. The summed E-state index contributed by atoms with van der Waals surface area (Å²) < 4.78 is 0. The molecule has 61 heavy (non-hydrogen) atoms. The lowest BCUT2D eigenvalue weighted by Crippen LogP contribution is -2.25. The van der Waals surface area contributed by atoms with E-state index in [-0.39, 0.29) is 0 Å². The zero-order valence-electron chi connectivity index (χ0n) is 33.2. The van der Waals surface area contributed by atoms with Crippen molar-refractivity contribution in [1.82, 2.24) is 15.0 Å². The van der Waals surface area contributed by atoms with Crippen molar-refractivity contribution in [3.05, 3.63) is 247 Å². The first-order valence-electron chi connectivity index (χ1n) is 20.8. The van der Waals surface area contributed by atoms with Crippen LogP contribution in [0.4, 0.5) is 0 Å². The molecule has 2 aliphatic carbocycles. The van der Waals surface area contributed by atoms with E-state index in [0.29, 0.717) is 17.5 Å². The summed E-state index contributed by atoms with van der Waals surface area (Å²) in [5, 5.41) is 0. The largest absolute Gasteiger partial charge is 0.208 e. The molecule has 0 saturated heterocycles. The first kappa shape index (κ1) is 35.0. The molecule has 1 heterocycles. The molecule has 0 N–H and O–H groups in total. The molecule has 9 aromatic carbocycles.